The van der Waals surface area contributed by atoms with Crippen molar-refractivity contribution in [2.45, 2.75) is 32.2 Å². The minimum absolute atomic E-state index is 0.0917. The van der Waals surface area contributed by atoms with Gasteiger partial charge >= 0.3 is 0 Å². The molecule has 0 radical (unpaired) electrons. The van der Waals surface area contributed by atoms with Crippen molar-refractivity contribution >= 4 is 17.7 Å². The quantitative estimate of drug-likeness (QED) is 0.374. The lowest BCUT2D eigenvalue weighted by molar-refractivity contribution is -0.117. The van der Waals surface area contributed by atoms with E-state index in [1.807, 2.05) is 67.7 Å². The van der Waals surface area contributed by atoms with E-state index < -0.39 is 0 Å². The van der Waals surface area contributed by atoms with E-state index in [2.05, 4.69) is 16.4 Å². The average molecular weight is 445 g/mol. The third-order valence-corrected chi connectivity index (χ3v) is 5.55. The van der Waals surface area contributed by atoms with E-state index in [0.29, 0.717) is 0 Å². The molecule has 1 aliphatic rings. The van der Waals surface area contributed by atoms with Crippen LogP contribution in [0.1, 0.15) is 37.3 Å². The minimum atomic E-state index is -0.0917. The highest BCUT2D eigenvalue weighted by atomic mass is 16.5. The number of carbonyl (C=O) groups is 1. The molecule has 2 aromatic carbocycles. The molecule has 1 N–H and O–H groups in total. The molecule has 0 spiro atoms. The zero-order valence-corrected chi connectivity index (χ0v) is 19.6. The molecule has 1 atom stereocenters. The first-order valence-electron chi connectivity index (χ1n) is 11.2. The lowest BCUT2D eigenvalue weighted by Crippen LogP contribution is -2.30. The van der Waals surface area contributed by atoms with E-state index in [1.54, 1.807) is 26.4 Å². The lowest BCUT2D eigenvalue weighted by Gasteiger charge is -2.12. The Balaban J connectivity index is 1.64. The van der Waals surface area contributed by atoms with Crippen LogP contribution in [-0.2, 0) is 4.79 Å². The van der Waals surface area contributed by atoms with Crippen LogP contribution in [0.5, 0.6) is 11.5 Å². The number of aliphatic imine (C=N–C) groups is 1. The molecule has 33 heavy (non-hydrogen) atoms. The number of hydrogen-bond acceptors (Lipinski definition) is 4. The molecule has 0 fully saturated rings. The van der Waals surface area contributed by atoms with Crippen molar-refractivity contribution in [3.8, 4) is 11.5 Å². The van der Waals surface area contributed by atoms with Gasteiger partial charge in [-0.2, -0.15) is 0 Å². The summed E-state index contributed by atoms with van der Waals surface area (Å²) in [6.45, 7) is 2.86. The van der Waals surface area contributed by atoms with E-state index in [9.17, 15) is 4.79 Å². The van der Waals surface area contributed by atoms with Gasteiger partial charge in [0.2, 0.25) is 5.91 Å². The van der Waals surface area contributed by atoms with Gasteiger partial charge in [0.25, 0.3) is 0 Å². The van der Waals surface area contributed by atoms with Gasteiger partial charge in [-0.3, -0.25) is 9.79 Å². The number of rotatable bonds is 11. The Morgan fingerprint density at radius 3 is 2.15 bits per heavy atom. The molecule has 0 aliphatic carbocycles. The van der Waals surface area contributed by atoms with Crippen molar-refractivity contribution in [1.82, 2.24) is 5.32 Å². The van der Waals surface area contributed by atoms with Crippen LogP contribution >= 0.6 is 0 Å². The third-order valence-electron chi connectivity index (χ3n) is 5.55. The largest absolute Gasteiger partial charge is 0.497 e. The molecule has 5 nitrogen and oxygen atoms in total. The summed E-state index contributed by atoms with van der Waals surface area (Å²) in [5, 5.41) is 3.05. The zero-order valence-electron chi connectivity index (χ0n) is 19.6. The van der Waals surface area contributed by atoms with Gasteiger partial charge in [0.1, 0.15) is 11.5 Å². The number of hydrogen-bond donors (Lipinski definition) is 1. The molecule has 5 heteroatoms. The molecule has 0 bridgehead atoms. The summed E-state index contributed by atoms with van der Waals surface area (Å²) in [5.41, 5.74) is 4.43. The van der Waals surface area contributed by atoms with E-state index >= 15 is 0 Å². The van der Waals surface area contributed by atoms with Crippen molar-refractivity contribution < 1.29 is 14.3 Å². The first kappa shape index (κ1) is 24.1. The standard InChI is InChI=1S/C28H32N2O3/c1-21(6-4-7-22-18-19-29-20-22)30-28(31)9-5-8-27(23-10-14-25(32-2)15-11-23)24-12-16-26(33-3)17-13-24/h5,8-19,21H,4,6-7,20H2,1-3H3,(H,30,31)/b9-5+/t21-/m1/s1. The molecule has 172 valence electrons. The Morgan fingerprint density at radius 1 is 1.03 bits per heavy atom. The fraction of sp³-hybridized carbons (Fsp3) is 0.286. The van der Waals surface area contributed by atoms with Gasteiger partial charge in [-0.05, 0) is 78.8 Å². The van der Waals surface area contributed by atoms with Gasteiger partial charge in [-0.15, -0.1) is 0 Å². The van der Waals surface area contributed by atoms with Crippen LogP contribution in [0.15, 0.2) is 83.4 Å². The summed E-state index contributed by atoms with van der Waals surface area (Å²) in [4.78, 5) is 16.6. The summed E-state index contributed by atoms with van der Waals surface area (Å²) < 4.78 is 10.6. The molecule has 0 saturated carbocycles. The van der Waals surface area contributed by atoms with Gasteiger partial charge in [0.15, 0.2) is 0 Å². The van der Waals surface area contributed by atoms with Crippen LogP contribution in [0.2, 0.25) is 0 Å². The number of methoxy groups -OCH3 is 2. The highest BCUT2D eigenvalue weighted by molar-refractivity contribution is 5.89. The monoisotopic (exact) mass is 444 g/mol. The topological polar surface area (TPSA) is 59.9 Å². The Kier molecular flexibility index (Phi) is 9.07. The Bertz CT molecular complexity index is 982. The first-order chi connectivity index (χ1) is 16.1. The Labute approximate surface area is 196 Å². The van der Waals surface area contributed by atoms with Crippen LogP contribution in [0, 0.1) is 0 Å². The maximum Gasteiger partial charge on any atom is 0.244 e. The SMILES string of the molecule is COc1ccc(C(=C/C=C/C(=O)N[C@H](C)CCCC2=CC=NC2)c2ccc(OC)cc2)cc1. The summed E-state index contributed by atoms with van der Waals surface area (Å²) in [6.07, 6.45) is 12.3. The maximum absolute atomic E-state index is 12.4. The number of allylic oxidation sites excluding steroid dienone is 3. The molecular formula is C28H32N2O3. The number of nitrogens with zero attached hydrogens (tertiary/aromatic N) is 1. The first-order valence-corrected chi connectivity index (χ1v) is 11.2. The fourth-order valence-corrected chi connectivity index (χ4v) is 3.67. The van der Waals surface area contributed by atoms with Crippen molar-refractivity contribution in [1.29, 1.82) is 0 Å². The van der Waals surface area contributed by atoms with Gasteiger partial charge in [-0.25, -0.2) is 0 Å². The van der Waals surface area contributed by atoms with Gasteiger partial charge in [0.05, 0.1) is 20.8 Å². The van der Waals surface area contributed by atoms with E-state index in [1.165, 1.54) is 5.57 Å². The van der Waals surface area contributed by atoms with E-state index in [4.69, 9.17) is 9.47 Å². The summed E-state index contributed by atoms with van der Waals surface area (Å²) in [6, 6.07) is 15.9. The van der Waals surface area contributed by atoms with E-state index in [-0.39, 0.29) is 11.9 Å². The van der Waals surface area contributed by atoms with Crippen LogP contribution in [0.3, 0.4) is 0 Å². The molecule has 3 rings (SSSR count). The van der Waals surface area contributed by atoms with Crippen LogP contribution in [0.25, 0.3) is 5.57 Å². The van der Waals surface area contributed by atoms with Gasteiger partial charge in [0, 0.05) is 18.3 Å². The van der Waals surface area contributed by atoms with Gasteiger partial charge in [-0.1, -0.05) is 36.4 Å². The van der Waals surface area contributed by atoms with Crippen molar-refractivity contribution in [3.05, 3.63) is 89.5 Å². The number of carbonyl (C=O) groups excluding carboxylic acids is 1. The molecule has 1 amide bonds. The molecule has 0 unspecified atom stereocenters. The highest BCUT2D eigenvalue weighted by Crippen LogP contribution is 2.27. The predicted octanol–water partition coefficient (Wildman–Crippen LogP) is 5.38. The summed E-state index contributed by atoms with van der Waals surface area (Å²) in [5.74, 6) is 1.51. The van der Waals surface area contributed by atoms with Crippen LogP contribution in [-0.4, -0.2) is 38.9 Å². The zero-order chi connectivity index (χ0) is 23.5. The normalized spacial score (nSPS) is 13.5. The second-order valence-electron chi connectivity index (χ2n) is 8.01. The minimum Gasteiger partial charge on any atom is -0.497 e. The Morgan fingerprint density at radius 2 is 1.64 bits per heavy atom. The number of nitrogens with one attached hydrogen (secondary N) is 1. The third kappa shape index (κ3) is 7.49. The van der Waals surface area contributed by atoms with Crippen LogP contribution < -0.4 is 14.8 Å². The van der Waals surface area contributed by atoms with Crippen molar-refractivity contribution in [2.75, 3.05) is 20.8 Å². The lowest BCUT2D eigenvalue weighted by atomic mass is 9.97. The predicted molar refractivity (Wildman–Crippen MR) is 135 cm³/mol. The highest BCUT2D eigenvalue weighted by Gasteiger charge is 2.08. The number of amides is 1. The van der Waals surface area contributed by atoms with Gasteiger partial charge < -0.3 is 14.8 Å². The average Bonchev–Trinajstić information content (AvgIpc) is 3.36. The molecular weight excluding hydrogens is 412 g/mol. The molecule has 1 heterocycles. The van der Waals surface area contributed by atoms with Crippen LogP contribution in [0.4, 0.5) is 0 Å². The van der Waals surface area contributed by atoms with E-state index in [0.717, 1.165) is 54.0 Å². The second kappa shape index (κ2) is 12.4. The molecule has 0 saturated heterocycles. The molecule has 2 aromatic rings. The Hall–Kier alpha value is -3.60. The second-order valence-corrected chi connectivity index (χ2v) is 8.01. The number of ether oxygens (including phenoxy) is 2. The summed E-state index contributed by atoms with van der Waals surface area (Å²) >= 11 is 0. The van der Waals surface area contributed by atoms with Crippen molar-refractivity contribution in [2.24, 2.45) is 4.99 Å². The summed E-state index contributed by atoms with van der Waals surface area (Å²) in [7, 11) is 3.30. The van der Waals surface area contributed by atoms with Crippen molar-refractivity contribution in [3.63, 3.8) is 0 Å². The number of benzene rings is 2. The smallest absolute Gasteiger partial charge is 0.244 e. The fourth-order valence-electron chi connectivity index (χ4n) is 3.67. The molecule has 0 aromatic heterocycles. The molecule has 1 aliphatic heterocycles. The maximum atomic E-state index is 12.4.